The highest BCUT2D eigenvalue weighted by atomic mass is 16.3. The Morgan fingerprint density at radius 1 is 1.20 bits per heavy atom. The van der Waals surface area contributed by atoms with Crippen molar-refractivity contribution in [1.29, 1.82) is 0 Å². The molecule has 1 aromatic rings. The number of rotatable bonds is 0. The van der Waals surface area contributed by atoms with E-state index in [9.17, 15) is 0 Å². The molecule has 0 unspecified atom stereocenters. The molecule has 3 nitrogen and oxygen atoms in total. The number of aromatic hydroxyl groups is 1. The summed E-state index contributed by atoms with van der Waals surface area (Å²) in [7, 11) is 0. The second-order valence-corrected chi connectivity index (χ2v) is 1.79. The Bertz CT molecular complexity index is 168. The summed E-state index contributed by atoms with van der Waals surface area (Å²) in [6.45, 7) is 1.87. The van der Waals surface area contributed by atoms with Crippen LogP contribution in [0.15, 0.2) is 24.3 Å². The largest absolute Gasteiger partial charge is 0.508 e. The van der Waals surface area contributed by atoms with Crippen LogP contribution in [0.5, 0.6) is 5.75 Å². The first-order valence-electron chi connectivity index (χ1n) is 2.88. The maximum atomic E-state index is 8.92. The van der Waals surface area contributed by atoms with Gasteiger partial charge in [0, 0.05) is 0 Å². The van der Waals surface area contributed by atoms with Crippen molar-refractivity contribution < 1.29 is 5.11 Å². The Morgan fingerprint density at radius 2 is 1.70 bits per heavy atom. The zero-order chi connectivity index (χ0) is 7.98. The first-order valence-corrected chi connectivity index (χ1v) is 2.88. The summed E-state index contributed by atoms with van der Waals surface area (Å²) in [6, 6.07) is 7.25. The molecule has 0 aliphatic carbocycles. The highest BCUT2D eigenvalue weighted by Crippen LogP contribution is 2.12. The summed E-state index contributed by atoms with van der Waals surface area (Å²) >= 11 is 0. The second kappa shape index (κ2) is 4.78. The normalized spacial score (nSPS) is 7.90. The second-order valence-electron chi connectivity index (χ2n) is 1.79. The average Bonchev–Trinajstić information content (AvgIpc) is 2.00. The van der Waals surface area contributed by atoms with Gasteiger partial charge in [-0.15, -0.1) is 0 Å². The first-order chi connectivity index (χ1) is 4.80. The molecule has 0 aromatic heterocycles. The Morgan fingerprint density at radius 3 is 2.00 bits per heavy atom. The molecule has 10 heavy (non-hydrogen) atoms. The molecule has 1 rings (SSSR count). The lowest BCUT2D eigenvalue weighted by atomic mass is 10.2. The van der Waals surface area contributed by atoms with Gasteiger partial charge in [-0.25, -0.2) is 0 Å². The van der Waals surface area contributed by atoms with Gasteiger partial charge in [0.25, 0.3) is 0 Å². The SMILES string of the molecule is Cc1ccccc1O.NN. The quantitative estimate of drug-likeness (QED) is 0.363. The molecule has 5 N–H and O–H groups in total. The van der Waals surface area contributed by atoms with Crippen molar-refractivity contribution in [3.05, 3.63) is 29.8 Å². The van der Waals surface area contributed by atoms with Gasteiger partial charge in [-0.3, -0.25) is 11.7 Å². The summed E-state index contributed by atoms with van der Waals surface area (Å²) < 4.78 is 0. The molecule has 0 amide bonds. The third-order valence-corrected chi connectivity index (χ3v) is 1.12. The number of phenols is 1. The van der Waals surface area contributed by atoms with Gasteiger partial charge in [-0.2, -0.15) is 0 Å². The minimum atomic E-state index is 0.368. The van der Waals surface area contributed by atoms with E-state index in [0.29, 0.717) is 5.75 Å². The molecular formula is C7H12N2O. The highest BCUT2D eigenvalue weighted by molar-refractivity contribution is 5.29. The molecule has 1 aromatic carbocycles. The number of hydrogen-bond acceptors (Lipinski definition) is 3. The zero-order valence-corrected chi connectivity index (χ0v) is 5.91. The molecule has 0 atom stereocenters. The number of benzene rings is 1. The monoisotopic (exact) mass is 140 g/mol. The Hall–Kier alpha value is -1.06. The topological polar surface area (TPSA) is 72.3 Å². The number of para-hydroxylation sites is 1. The Balaban J connectivity index is 0.000000371. The van der Waals surface area contributed by atoms with Crippen LogP contribution < -0.4 is 11.7 Å². The molecule has 0 aliphatic heterocycles. The number of hydrazine groups is 1. The van der Waals surface area contributed by atoms with Crippen molar-refractivity contribution in [3.8, 4) is 5.75 Å². The van der Waals surface area contributed by atoms with Crippen molar-refractivity contribution in [2.45, 2.75) is 6.92 Å². The van der Waals surface area contributed by atoms with Crippen LogP contribution in [0.2, 0.25) is 0 Å². The molecule has 0 radical (unpaired) electrons. The van der Waals surface area contributed by atoms with E-state index in [2.05, 4.69) is 11.7 Å². The zero-order valence-electron chi connectivity index (χ0n) is 5.91. The first kappa shape index (κ1) is 8.94. The molecule has 0 bridgehead atoms. The van der Waals surface area contributed by atoms with Gasteiger partial charge < -0.3 is 5.11 Å². The maximum Gasteiger partial charge on any atom is 0.118 e. The van der Waals surface area contributed by atoms with Gasteiger partial charge in [-0.05, 0) is 18.6 Å². The van der Waals surface area contributed by atoms with Crippen LogP contribution in [0.3, 0.4) is 0 Å². The lowest BCUT2D eigenvalue weighted by molar-refractivity contribution is 0.471. The molecule has 0 fully saturated rings. The van der Waals surface area contributed by atoms with Crippen molar-refractivity contribution in [3.63, 3.8) is 0 Å². The molecule has 3 heteroatoms. The van der Waals surface area contributed by atoms with Crippen LogP contribution in [0, 0.1) is 6.92 Å². The summed E-state index contributed by atoms with van der Waals surface area (Å²) in [5, 5.41) is 8.92. The predicted octanol–water partition coefficient (Wildman–Crippen LogP) is 0.519. The minimum absolute atomic E-state index is 0.368. The van der Waals surface area contributed by atoms with E-state index in [1.807, 2.05) is 25.1 Å². The van der Waals surface area contributed by atoms with E-state index in [1.165, 1.54) is 0 Å². The van der Waals surface area contributed by atoms with Crippen LogP contribution in [-0.2, 0) is 0 Å². The third-order valence-electron chi connectivity index (χ3n) is 1.12. The number of phenolic OH excluding ortho intramolecular Hbond substituents is 1. The number of hydrogen-bond donors (Lipinski definition) is 3. The fourth-order valence-corrected chi connectivity index (χ4v) is 0.563. The van der Waals surface area contributed by atoms with Crippen LogP contribution in [-0.4, -0.2) is 5.11 Å². The Labute approximate surface area is 60.2 Å². The van der Waals surface area contributed by atoms with Gasteiger partial charge in [-0.1, -0.05) is 18.2 Å². The van der Waals surface area contributed by atoms with Crippen LogP contribution >= 0.6 is 0 Å². The number of aryl methyl sites for hydroxylation is 1. The summed E-state index contributed by atoms with van der Waals surface area (Å²) in [4.78, 5) is 0. The smallest absolute Gasteiger partial charge is 0.118 e. The summed E-state index contributed by atoms with van der Waals surface area (Å²) in [6.07, 6.45) is 0. The van der Waals surface area contributed by atoms with Crippen LogP contribution in [0.1, 0.15) is 5.56 Å². The molecule has 0 spiro atoms. The van der Waals surface area contributed by atoms with Crippen molar-refractivity contribution in [2.24, 2.45) is 11.7 Å². The van der Waals surface area contributed by atoms with Crippen molar-refractivity contribution >= 4 is 0 Å². The maximum absolute atomic E-state index is 8.92. The fourth-order valence-electron chi connectivity index (χ4n) is 0.563. The van der Waals surface area contributed by atoms with Gasteiger partial charge in [0.15, 0.2) is 0 Å². The van der Waals surface area contributed by atoms with E-state index < -0.39 is 0 Å². The third kappa shape index (κ3) is 2.48. The van der Waals surface area contributed by atoms with Crippen LogP contribution in [0.4, 0.5) is 0 Å². The van der Waals surface area contributed by atoms with Gasteiger partial charge >= 0.3 is 0 Å². The lowest BCUT2D eigenvalue weighted by Crippen LogP contribution is -2.02. The van der Waals surface area contributed by atoms with E-state index in [-0.39, 0.29) is 0 Å². The molecule has 0 saturated carbocycles. The Kier molecular flexibility index (Phi) is 4.28. The van der Waals surface area contributed by atoms with Gasteiger partial charge in [0.2, 0.25) is 0 Å². The fraction of sp³-hybridized carbons (Fsp3) is 0.143. The molecular weight excluding hydrogens is 128 g/mol. The molecule has 0 saturated heterocycles. The molecule has 56 valence electrons. The highest BCUT2D eigenvalue weighted by Gasteiger charge is 1.86. The van der Waals surface area contributed by atoms with Crippen molar-refractivity contribution in [1.82, 2.24) is 0 Å². The molecule has 0 aliphatic rings. The average molecular weight is 140 g/mol. The van der Waals surface area contributed by atoms with E-state index >= 15 is 0 Å². The minimum Gasteiger partial charge on any atom is -0.508 e. The van der Waals surface area contributed by atoms with E-state index in [0.717, 1.165) is 5.56 Å². The number of nitrogens with two attached hydrogens (primary N) is 2. The van der Waals surface area contributed by atoms with Crippen LogP contribution in [0.25, 0.3) is 0 Å². The summed E-state index contributed by atoms with van der Waals surface area (Å²) in [5.41, 5.74) is 0.924. The molecule has 0 heterocycles. The lowest BCUT2D eigenvalue weighted by Gasteiger charge is -1.92. The standard InChI is InChI=1S/C7H8O.H4N2/c1-6-4-2-3-5-7(6)8;1-2/h2-5,8H,1H3;1-2H2. The van der Waals surface area contributed by atoms with E-state index in [4.69, 9.17) is 5.11 Å². The van der Waals surface area contributed by atoms with Gasteiger partial charge in [0.05, 0.1) is 0 Å². The van der Waals surface area contributed by atoms with Gasteiger partial charge in [0.1, 0.15) is 5.75 Å². The van der Waals surface area contributed by atoms with Crippen molar-refractivity contribution in [2.75, 3.05) is 0 Å². The van der Waals surface area contributed by atoms with E-state index in [1.54, 1.807) is 6.07 Å². The summed E-state index contributed by atoms with van der Waals surface area (Å²) in [5.74, 6) is 8.37. The predicted molar refractivity (Wildman–Crippen MR) is 41.2 cm³/mol.